The second kappa shape index (κ2) is 9.76. The van der Waals surface area contributed by atoms with Crippen LogP contribution in [-0.4, -0.2) is 35.5 Å². The van der Waals surface area contributed by atoms with Crippen molar-refractivity contribution in [2.75, 3.05) is 6.61 Å². The Kier molecular flexibility index (Phi) is 7.41. The number of carbonyl (C=O) groups is 2. The Morgan fingerprint density at radius 3 is 2.11 bits per heavy atom. The fourth-order valence-corrected chi connectivity index (χ4v) is 2.95. The van der Waals surface area contributed by atoms with Gasteiger partial charge in [-0.05, 0) is 45.4 Å². The van der Waals surface area contributed by atoms with Crippen LogP contribution in [0.15, 0.2) is 54.6 Å². The number of benzene rings is 2. The van der Waals surface area contributed by atoms with Crippen molar-refractivity contribution in [1.82, 2.24) is 4.90 Å². The number of hydrogen-bond donors (Lipinski definition) is 0. The first kappa shape index (κ1) is 20.5. The maximum atomic E-state index is 12.5. The van der Waals surface area contributed by atoms with Crippen LogP contribution in [0.25, 0.3) is 0 Å². The highest BCUT2D eigenvalue weighted by Crippen LogP contribution is 2.20. The molecule has 27 heavy (non-hydrogen) atoms. The third-order valence-corrected chi connectivity index (χ3v) is 4.07. The second-order valence-electron chi connectivity index (χ2n) is 6.84. The lowest BCUT2D eigenvalue weighted by atomic mass is 10.2. The van der Waals surface area contributed by atoms with Gasteiger partial charge in [0.25, 0.3) is 5.91 Å². The summed E-state index contributed by atoms with van der Waals surface area (Å²) in [6.45, 7) is 7.92. The largest absolute Gasteiger partial charge is 0.483 e. The minimum Gasteiger partial charge on any atom is -0.483 e. The number of esters is 1. The fraction of sp³-hybridized carbons (Fsp3) is 0.364. The summed E-state index contributed by atoms with van der Waals surface area (Å²) in [5, 5.41) is 0. The van der Waals surface area contributed by atoms with Gasteiger partial charge in [-0.3, -0.25) is 4.79 Å². The summed E-state index contributed by atoms with van der Waals surface area (Å²) in [6, 6.07) is 16.4. The molecule has 0 aliphatic carbocycles. The lowest BCUT2D eigenvalue weighted by molar-refractivity contribution is -0.137. The van der Waals surface area contributed by atoms with Gasteiger partial charge in [0.2, 0.25) is 0 Å². The highest BCUT2D eigenvalue weighted by atomic mass is 16.5. The molecule has 5 nitrogen and oxygen atoms in total. The molecule has 5 heteroatoms. The zero-order valence-electron chi connectivity index (χ0n) is 16.3. The van der Waals surface area contributed by atoms with E-state index in [-0.39, 0.29) is 31.2 Å². The van der Waals surface area contributed by atoms with Crippen molar-refractivity contribution in [2.24, 2.45) is 0 Å². The summed E-state index contributed by atoms with van der Waals surface area (Å²) < 4.78 is 11.0. The Labute approximate surface area is 160 Å². The van der Waals surface area contributed by atoms with Gasteiger partial charge in [-0.1, -0.05) is 42.5 Å². The third kappa shape index (κ3) is 5.84. The lowest BCUT2D eigenvalue weighted by Crippen LogP contribution is -2.44. The van der Waals surface area contributed by atoms with Gasteiger partial charge < -0.3 is 14.4 Å². The maximum absolute atomic E-state index is 12.5. The topological polar surface area (TPSA) is 55.8 Å². The number of carbonyl (C=O) groups excluding carboxylic acids is 2. The zero-order valence-corrected chi connectivity index (χ0v) is 16.3. The third-order valence-electron chi connectivity index (χ3n) is 4.07. The van der Waals surface area contributed by atoms with Crippen molar-refractivity contribution in [3.05, 3.63) is 65.7 Å². The molecule has 0 aromatic heterocycles. The zero-order chi connectivity index (χ0) is 19.8. The maximum Gasteiger partial charge on any atom is 0.342 e. The molecular formula is C22H27NO4. The van der Waals surface area contributed by atoms with E-state index in [1.54, 1.807) is 29.2 Å². The van der Waals surface area contributed by atoms with E-state index in [9.17, 15) is 9.59 Å². The molecule has 0 spiro atoms. The van der Waals surface area contributed by atoms with E-state index in [1.807, 2.05) is 58.0 Å². The number of amides is 1. The molecule has 2 rings (SSSR count). The summed E-state index contributed by atoms with van der Waals surface area (Å²) in [5.41, 5.74) is 1.21. The molecule has 0 radical (unpaired) electrons. The quantitative estimate of drug-likeness (QED) is 0.658. The van der Waals surface area contributed by atoms with E-state index in [0.717, 1.165) is 5.56 Å². The Balaban J connectivity index is 2.02. The molecule has 0 aliphatic rings. The predicted molar refractivity (Wildman–Crippen MR) is 105 cm³/mol. The number of hydrogen-bond acceptors (Lipinski definition) is 4. The van der Waals surface area contributed by atoms with Gasteiger partial charge in [0.15, 0.2) is 6.61 Å². The molecule has 0 unspecified atom stereocenters. The monoisotopic (exact) mass is 369 g/mol. The molecule has 0 aliphatic heterocycles. The van der Waals surface area contributed by atoms with Gasteiger partial charge in [-0.15, -0.1) is 0 Å². The van der Waals surface area contributed by atoms with E-state index < -0.39 is 5.97 Å². The summed E-state index contributed by atoms with van der Waals surface area (Å²) in [7, 11) is 0. The van der Waals surface area contributed by atoms with Crippen LogP contribution < -0.4 is 4.74 Å². The van der Waals surface area contributed by atoms with Crippen LogP contribution in [0, 0.1) is 0 Å². The van der Waals surface area contributed by atoms with Crippen LogP contribution in [0.3, 0.4) is 0 Å². The van der Waals surface area contributed by atoms with Crippen molar-refractivity contribution >= 4 is 11.9 Å². The van der Waals surface area contributed by atoms with Crippen LogP contribution in [0.2, 0.25) is 0 Å². The Bertz CT molecular complexity index is 748. The number of ether oxygens (including phenoxy) is 2. The molecule has 2 aromatic rings. The van der Waals surface area contributed by atoms with Crippen LogP contribution in [0.5, 0.6) is 5.75 Å². The van der Waals surface area contributed by atoms with Crippen LogP contribution in [-0.2, 0) is 16.1 Å². The van der Waals surface area contributed by atoms with Crippen molar-refractivity contribution in [3.63, 3.8) is 0 Å². The van der Waals surface area contributed by atoms with Gasteiger partial charge in [-0.25, -0.2) is 4.79 Å². The molecule has 2 aromatic carbocycles. The average Bonchev–Trinajstić information content (AvgIpc) is 2.65. The molecule has 0 bridgehead atoms. The van der Waals surface area contributed by atoms with E-state index in [1.165, 1.54) is 0 Å². The highest BCUT2D eigenvalue weighted by molar-refractivity contribution is 5.92. The fourth-order valence-electron chi connectivity index (χ4n) is 2.95. The summed E-state index contributed by atoms with van der Waals surface area (Å²) in [4.78, 5) is 26.7. The van der Waals surface area contributed by atoms with E-state index >= 15 is 0 Å². The van der Waals surface area contributed by atoms with Crippen LogP contribution >= 0.6 is 0 Å². The smallest absolute Gasteiger partial charge is 0.342 e. The molecule has 0 fully saturated rings. The first-order valence-electron chi connectivity index (χ1n) is 9.14. The molecule has 0 saturated heterocycles. The van der Waals surface area contributed by atoms with E-state index in [4.69, 9.17) is 9.47 Å². The molecule has 0 saturated carbocycles. The second-order valence-corrected chi connectivity index (χ2v) is 6.84. The average molecular weight is 369 g/mol. The summed E-state index contributed by atoms with van der Waals surface area (Å²) in [6.07, 6.45) is 0. The highest BCUT2D eigenvalue weighted by Gasteiger charge is 2.21. The van der Waals surface area contributed by atoms with Gasteiger partial charge in [0.1, 0.15) is 17.9 Å². The molecule has 1 amide bonds. The van der Waals surface area contributed by atoms with Crippen molar-refractivity contribution in [3.8, 4) is 5.75 Å². The molecule has 0 N–H and O–H groups in total. The van der Waals surface area contributed by atoms with Gasteiger partial charge >= 0.3 is 5.97 Å². The number of para-hydroxylation sites is 1. The summed E-state index contributed by atoms with van der Waals surface area (Å²) >= 11 is 0. The Morgan fingerprint density at radius 2 is 1.48 bits per heavy atom. The normalized spacial score (nSPS) is 10.7. The lowest BCUT2D eigenvalue weighted by Gasteiger charge is -2.30. The van der Waals surface area contributed by atoms with E-state index in [0.29, 0.717) is 11.3 Å². The van der Waals surface area contributed by atoms with Crippen molar-refractivity contribution in [1.29, 1.82) is 0 Å². The van der Waals surface area contributed by atoms with Gasteiger partial charge in [0, 0.05) is 12.1 Å². The Morgan fingerprint density at radius 1 is 0.889 bits per heavy atom. The SMILES string of the molecule is CC(C)N(C(=O)COc1ccccc1C(=O)OCc1ccccc1)C(C)C. The standard InChI is InChI=1S/C22H27NO4/c1-16(2)23(17(3)4)21(24)15-26-20-13-9-8-12-19(20)22(25)27-14-18-10-6-5-7-11-18/h5-13,16-17H,14-15H2,1-4H3. The minimum absolute atomic E-state index is 0.0761. The van der Waals surface area contributed by atoms with Gasteiger partial charge in [-0.2, -0.15) is 0 Å². The Hall–Kier alpha value is -2.82. The van der Waals surface area contributed by atoms with E-state index in [2.05, 4.69) is 0 Å². The predicted octanol–water partition coefficient (Wildman–Crippen LogP) is 4.07. The molecular weight excluding hydrogens is 342 g/mol. The van der Waals surface area contributed by atoms with Crippen LogP contribution in [0.4, 0.5) is 0 Å². The van der Waals surface area contributed by atoms with Crippen LogP contribution in [0.1, 0.15) is 43.6 Å². The van der Waals surface area contributed by atoms with Crippen molar-refractivity contribution < 1.29 is 19.1 Å². The molecule has 144 valence electrons. The number of nitrogens with zero attached hydrogens (tertiary/aromatic N) is 1. The molecule has 0 atom stereocenters. The number of rotatable bonds is 8. The first-order chi connectivity index (χ1) is 12.9. The van der Waals surface area contributed by atoms with Gasteiger partial charge in [0.05, 0.1) is 0 Å². The molecule has 0 heterocycles. The minimum atomic E-state index is -0.480. The van der Waals surface area contributed by atoms with Crippen molar-refractivity contribution in [2.45, 2.75) is 46.4 Å². The first-order valence-corrected chi connectivity index (χ1v) is 9.14. The summed E-state index contributed by atoms with van der Waals surface area (Å²) in [5.74, 6) is -0.254.